The SMILES string of the molecule is CC(OC(=O)c1ccc(CO)cc1)C(=O)NCc1ccc2c(c1)OCO2. The summed E-state index contributed by atoms with van der Waals surface area (Å²) in [5.41, 5.74) is 1.86. The van der Waals surface area contributed by atoms with Crippen molar-refractivity contribution in [3.63, 3.8) is 0 Å². The third-order valence-electron chi connectivity index (χ3n) is 3.93. The Morgan fingerprint density at radius 3 is 2.54 bits per heavy atom. The van der Waals surface area contributed by atoms with Crippen LogP contribution in [0.5, 0.6) is 11.5 Å². The van der Waals surface area contributed by atoms with Crippen molar-refractivity contribution < 1.29 is 28.9 Å². The predicted molar refractivity (Wildman–Crippen MR) is 91.7 cm³/mol. The van der Waals surface area contributed by atoms with Crippen LogP contribution >= 0.6 is 0 Å². The molecule has 0 saturated carbocycles. The first kappa shape index (κ1) is 17.8. The number of hydrogen-bond acceptors (Lipinski definition) is 6. The van der Waals surface area contributed by atoms with E-state index in [0.717, 1.165) is 5.56 Å². The highest BCUT2D eigenvalue weighted by molar-refractivity contribution is 5.92. The molecule has 0 saturated heterocycles. The second kappa shape index (κ2) is 7.88. The predicted octanol–water partition coefficient (Wildman–Crippen LogP) is 1.77. The summed E-state index contributed by atoms with van der Waals surface area (Å²) in [7, 11) is 0. The fourth-order valence-electron chi connectivity index (χ4n) is 2.41. The highest BCUT2D eigenvalue weighted by atomic mass is 16.7. The topological polar surface area (TPSA) is 94.1 Å². The number of hydrogen-bond donors (Lipinski definition) is 2. The van der Waals surface area contributed by atoms with Crippen LogP contribution in [0.25, 0.3) is 0 Å². The van der Waals surface area contributed by atoms with Gasteiger partial charge in [-0.05, 0) is 42.3 Å². The molecule has 0 aliphatic carbocycles. The lowest BCUT2D eigenvalue weighted by atomic mass is 10.1. The molecule has 26 heavy (non-hydrogen) atoms. The van der Waals surface area contributed by atoms with Gasteiger partial charge in [0.05, 0.1) is 12.2 Å². The summed E-state index contributed by atoms with van der Waals surface area (Å²) in [5, 5.41) is 11.7. The van der Waals surface area contributed by atoms with Crippen molar-refractivity contribution in [2.24, 2.45) is 0 Å². The highest BCUT2D eigenvalue weighted by Crippen LogP contribution is 2.32. The molecule has 7 nitrogen and oxygen atoms in total. The standard InChI is InChI=1S/C19H19NO6/c1-12(26-19(23)15-5-2-13(10-21)3-6-15)18(22)20-9-14-4-7-16-17(8-14)25-11-24-16/h2-8,12,21H,9-11H2,1H3,(H,20,22). The number of aliphatic hydroxyl groups excluding tert-OH is 1. The molecule has 1 aliphatic heterocycles. The number of rotatable bonds is 6. The zero-order valence-electron chi connectivity index (χ0n) is 14.2. The van der Waals surface area contributed by atoms with Gasteiger partial charge in [0.25, 0.3) is 5.91 Å². The Kier molecular flexibility index (Phi) is 5.38. The van der Waals surface area contributed by atoms with Gasteiger partial charge in [0.1, 0.15) is 0 Å². The van der Waals surface area contributed by atoms with Crippen LogP contribution in [0.1, 0.15) is 28.4 Å². The molecule has 1 aliphatic rings. The Balaban J connectivity index is 1.51. The number of carbonyl (C=O) groups is 2. The molecule has 2 N–H and O–H groups in total. The van der Waals surface area contributed by atoms with Gasteiger partial charge in [0.2, 0.25) is 6.79 Å². The summed E-state index contributed by atoms with van der Waals surface area (Å²) in [5.74, 6) is 0.320. The second-order valence-corrected chi connectivity index (χ2v) is 5.81. The Labute approximate surface area is 150 Å². The quantitative estimate of drug-likeness (QED) is 0.765. The van der Waals surface area contributed by atoms with Gasteiger partial charge in [0, 0.05) is 6.54 Å². The molecule has 3 rings (SSSR count). The first-order chi connectivity index (χ1) is 12.6. The van der Waals surface area contributed by atoms with Crippen molar-refractivity contribution in [1.82, 2.24) is 5.32 Å². The number of nitrogens with one attached hydrogen (secondary N) is 1. The maximum Gasteiger partial charge on any atom is 0.338 e. The van der Waals surface area contributed by atoms with E-state index in [-0.39, 0.29) is 19.9 Å². The van der Waals surface area contributed by atoms with Gasteiger partial charge < -0.3 is 24.6 Å². The number of aliphatic hydroxyl groups is 1. The van der Waals surface area contributed by atoms with E-state index >= 15 is 0 Å². The Morgan fingerprint density at radius 1 is 1.12 bits per heavy atom. The van der Waals surface area contributed by atoms with Crippen LogP contribution in [0.4, 0.5) is 0 Å². The number of ether oxygens (including phenoxy) is 3. The molecule has 7 heteroatoms. The Hall–Kier alpha value is -3.06. The molecule has 0 radical (unpaired) electrons. The van der Waals surface area contributed by atoms with E-state index in [2.05, 4.69) is 5.32 Å². The number of fused-ring (bicyclic) bond motifs is 1. The van der Waals surface area contributed by atoms with E-state index in [4.69, 9.17) is 19.3 Å². The number of carbonyl (C=O) groups excluding carboxylic acids is 2. The van der Waals surface area contributed by atoms with Crippen LogP contribution in [0.15, 0.2) is 42.5 Å². The minimum Gasteiger partial charge on any atom is -0.454 e. The summed E-state index contributed by atoms with van der Waals surface area (Å²) in [4.78, 5) is 24.2. The van der Waals surface area contributed by atoms with Gasteiger partial charge in [0.15, 0.2) is 17.6 Å². The lowest BCUT2D eigenvalue weighted by Gasteiger charge is -2.14. The molecule has 1 atom stereocenters. The molecule has 1 amide bonds. The largest absolute Gasteiger partial charge is 0.454 e. The minimum atomic E-state index is -0.936. The summed E-state index contributed by atoms with van der Waals surface area (Å²) in [6, 6.07) is 11.7. The smallest absolute Gasteiger partial charge is 0.338 e. The number of amides is 1. The molecule has 136 valence electrons. The van der Waals surface area contributed by atoms with E-state index in [0.29, 0.717) is 22.6 Å². The first-order valence-corrected chi connectivity index (χ1v) is 8.14. The van der Waals surface area contributed by atoms with Crippen molar-refractivity contribution in [2.75, 3.05) is 6.79 Å². The van der Waals surface area contributed by atoms with Crippen molar-refractivity contribution in [2.45, 2.75) is 26.2 Å². The van der Waals surface area contributed by atoms with Crippen LogP contribution in [-0.2, 0) is 22.7 Å². The Morgan fingerprint density at radius 2 is 1.81 bits per heavy atom. The van der Waals surface area contributed by atoms with Crippen LogP contribution < -0.4 is 14.8 Å². The molecule has 0 fully saturated rings. The fourth-order valence-corrected chi connectivity index (χ4v) is 2.41. The molecule has 2 aromatic carbocycles. The van der Waals surface area contributed by atoms with E-state index in [1.165, 1.54) is 6.92 Å². The summed E-state index contributed by atoms with van der Waals surface area (Å²) in [6.45, 7) is 1.88. The molecular formula is C19H19NO6. The monoisotopic (exact) mass is 357 g/mol. The van der Waals surface area contributed by atoms with Crippen LogP contribution in [0.3, 0.4) is 0 Å². The molecular weight excluding hydrogens is 338 g/mol. The Bertz CT molecular complexity index is 802. The van der Waals surface area contributed by atoms with E-state index < -0.39 is 18.0 Å². The normalized spacial score (nSPS) is 13.2. The zero-order valence-corrected chi connectivity index (χ0v) is 14.2. The third kappa shape index (κ3) is 4.12. The molecule has 1 unspecified atom stereocenters. The fraction of sp³-hybridized carbons (Fsp3) is 0.263. The van der Waals surface area contributed by atoms with Gasteiger partial charge in [-0.3, -0.25) is 4.79 Å². The number of benzene rings is 2. The summed E-state index contributed by atoms with van der Waals surface area (Å²) in [6.07, 6.45) is -0.936. The maximum absolute atomic E-state index is 12.1. The molecule has 1 heterocycles. The van der Waals surface area contributed by atoms with Gasteiger partial charge in [-0.25, -0.2) is 4.79 Å². The van der Waals surface area contributed by atoms with E-state index in [1.54, 1.807) is 36.4 Å². The van der Waals surface area contributed by atoms with Gasteiger partial charge >= 0.3 is 5.97 Å². The van der Waals surface area contributed by atoms with Crippen molar-refractivity contribution in [1.29, 1.82) is 0 Å². The van der Waals surface area contributed by atoms with Crippen LogP contribution in [0.2, 0.25) is 0 Å². The molecule has 0 aromatic heterocycles. The second-order valence-electron chi connectivity index (χ2n) is 5.81. The van der Waals surface area contributed by atoms with E-state index in [9.17, 15) is 9.59 Å². The number of esters is 1. The zero-order chi connectivity index (χ0) is 18.5. The average Bonchev–Trinajstić information content (AvgIpc) is 3.13. The van der Waals surface area contributed by atoms with Gasteiger partial charge in [-0.2, -0.15) is 0 Å². The molecule has 2 aromatic rings. The molecule has 0 spiro atoms. The summed E-state index contributed by atoms with van der Waals surface area (Å²) >= 11 is 0. The maximum atomic E-state index is 12.1. The highest BCUT2D eigenvalue weighted by Gasteiger charge is 2.19. The van der Waals surface area contributed by atoms with E-state index in [1.807, 2.05) is 6.07 Å². The van der Waals surface area contributed by atoms with Crippen molar-refractivity contribution in [3.8, 4) is 11.5 Å². The van der Waals surface area contributed by atoms with Crippen molar-refractivity contribution >= 4 is 11.9 Å². The van der Waals surface area contributed by atoms with Gasteiger partial charge in [-0.1, -0.05) is 18.2 Å². The van der Waals surface area contributed by atoms with Crippen molar-refractivity contribution in [3.05, 3.63) is 59.2 Å². The lowest BCUT2D eigenvalue weighted by Crippen LogP contribution is -2.35. The first-order valence-electron chi connectivity index (χ1n) is 8.14. The van der Waals surface area contributed by atoms with Gasteiger partial charge in [-0.15, -0.1) is 0 Å². The lowest BCUT2D eigenvalue weighted by molar-refractivity contribution is -0.129. The average molecular weight is 357 g/mol. The summed E-state index contributed by atoms with van der Waals surface area (Å²) < 4.78 is 15.7. The minimum absolute atomic E-state index is 0.103. The molecule has 0 bridgehead atoms. The van der Waals surface area contributed by atoms with Crippen LogP contribution in [-0.4, -0.2) is 29.9 Å². The third-order valence-corrected chi connectivity index (χ3v) is 3.93. The van der Waals surface area contributed by atoms with Crippen LogP contribution in [0, 0.1) is 0 Å².